The molecule has 4 heteroatoms. The molecule has 0 saturated heterocycles. The van der Waals surface area contributed by atoms with Gasteiger partial charge in [0.15, 0.2) is 0 Å². The summed E-state index contributed by atoms with van der Waals surface area (Å²) >= 11 is 0. The van der Waals surface area contributed by atoms with E-state index in [1.165, 1.54) is 19.3 Å². The summed E-state index contributed by atoms with van der Waals surface area (Å²) in [5.41, 5.74) is 1.15. The number of hydrogen-bond donors (Lipinski definition) is 0. The molecule has 0 bridgehead atoms. The summed E-state index contributed by atoms with van der Waals surface area (Å²) in [6.45, 7) is 7.87. The Morgan fingerprint density at radius 2 is 1.65 bits per heavy atom. The van der Waals surface area contributed by atoms with Crippen LogP contribution in [-0.4, -0.2) is 22.3 Å². The largest absolute Gasteiger partial charge is 0.497 e. The van der Waals surface area contributed by atoms with E-state index in [2.05, 4.69) is 20.0 Å². The predicted octanol–water partition coefficient (Wildman–Crippen LogP) is 4.51. The summed E-state index contributed by atoms with van der Waals surface area (Å²) in [5.74, 6) is 0.873. The third-order valence-electron chi connectivity index (χ3n) is 3.19. The van der Waals surface area contributed by atoms with Crippen molar-refractivity contribution in [3.63, 3.8) is 0 Å². The Bertz CT molecular complexity index is 362. The number of methoxy groups -OCH3 is 1. The number of hydrogen-bond acceptors (Lipinski definition) is 3. The SMILES string of the molecule is CCCCCCO[Si](C)(C)OCc1ccc(OC)cc1. The molecule has 0 N–H and O–H groups in total. The summed E-state index contributed by atoms with van der Waals surface area (Å²) in [6.07, 6.45) is 4.93. The van der Waals surface area contributed by atoms with Crippen LogP contribution in [0.15, 0.2) is 24.3 Å². The van der Waals surface area contributed by atoms with Gasteiger partial charge < -0.3 is 13.6 Å². The van der Waals surface area contributed by atoms with Gasteiger partial charge in [-0.1, -0.05) is 38.3 Å². The molecule has 114 valence electrons. The van der Waals surface area contributed by atoms with Gasteiger partial charge in [0.1, 0.15) is 5.75 Å². The molecule has 1 aromatic rings. The van der Waals surface area contributed by atoms with Crippen LogP contribution in [0.2, 0.25) is 13.1 Å². The van der Waals surface area contributed by atoms with Gasteiger partial charge in [0.05, 0.1) is 13.7 Å². The quantitative estimate of drug-likeness (QED) is 0.469. The number of ether oxygens (including phenoxy) is 1. The minimum atomic E-state index is -2.00. The fourth-order valence-electron chi connectivity index (χ4n) is 1.87. The van der Waals surface area contributed by atoms with Crippen LogP contribution >= 0.6 is 0 Å². The maximum Gasteiger partial charge on any atom is 0.332 e. The normalized spacial score (nSPS) is 11.6. The second-order valence-electron chi connectivity index (χ2n) is 5.45. The number of rotatable bonds is 10. The van der Waals surface area contributed by atoms with Gasteiger partial charge in [0.25, 0.3) is 0 Å². The molecule has 0 aliphatic heterocycles. The Balaban J connectivity index is 2.27. The average Bonchev–Trinajstić information content (AvgIpc) is 2.45. The van der Waals surface area contributed by atoms with Crippen molar-refractivity contribution in [1.29, 1.82) is 0 Å². The van der Waals surface area contributed by atoms with E-state index in [1.807, 2.05) is 24.3 Å². The minimum absolute atomic E-state index is 0.609. The molecule has 0 saturated carbocycles. The molecule has 0 amide bonds. The lowest BCUT2D eigenvalue weighted by atomic mass is 10.2. The van der Waals surface area contributed by atoms with E-state index in [0.29, 0.717) is 6.61 Å². The van der Waals surface area contributed by atoms with Crippen molar-refractivity contribution in [3.05, 3.63) is 29.8 Å². The van der Waals surface area contributed by atoms with Crippen molar-refractivity contribution in [2.24, 2.45) is 0 Å². The predicted molar refractivity (Wildman–Crippen MR) is 85.4 cm³/mol. The first-order valence-corrected chi connectivity index (χ1v) is 10.3. The van der Waals surface area contributed by atoms with Gasteiger partial charge in [-0.05, 0) is 37.2 Å². The van der Waals surface area contributed by atoms with E-state index in [4.69, 9.17) is 13.6 Å². The Kier molecular flexibility index (Phi) is 7.88. The summed E-state index contributed by atoms with van der Waals surface area (Å²) < 4.78 is 17.0. The molecule has 3 nitrogen and oxygen atoms in total. The Morgan fingerprint density at radius 1 is 0.950 bits per heavy atom. The molecule has 20 heavy (non-hydrogen) atoms. The zero-order chi connectivity index (χ0) is 14.8. The molecule has 0 atom stereocenters. The van der Waals surface area contributed by atoms with Crippen molar-refractivity contribution < 1.29 is 13.6 Å². The van der Waals surface area contributed by atoms with E-state index in [1.54, 1.807) is 7.11 Å². The summed E-state index contributed by atoms with van der Waals surface area (Å²) in [7, 11) is -0.325. The standard InChI is InChI=1S/C16H28O3Si/c1-5-6-7-8-13-18-20(3,4)19-14-15-9-11-16(17-2)12-10-15/h9-12H,5-8,13-14H2,1-4H3. The van der Waals surface area contributed by atoms with Crippen molar-refractivity contribution in [2.45, 2.75) is 52.3 Å². The average molecular weight is 296 g/mol. The van der Waals surface area contributed by atoms with Crippen LogP contribution in [0.3, 0.4) is 0 Å². The molecule has 0 unspecified atom stereocenters. The van der Waals surface area contributed by atoms with Crippen LogP contribution < -0.4 is 4.74 Å². The molecule has 0 spiro atoms. The van der Waals surface area contributed by atoms with Crippen LogP contribution in [0.25, 0.3) is 0 Å². The fourth-order valence-corrected chi connectivity index (χ4v) is 3.10. The van der Waals surface area contributed by atoms with Crippen molar-refractivity contribution in [3.8, 4) is 5.75 Å². The van der Waals surface area contributed by atoms with Crippen molar-refractivity contribution in [2.75, 3.05) is 13.7 Å². The number of benzene rings is 1. The van der Waals surface area contributed by atoms with Gasteiger partial charge in [-0.3, -0.25) is 0 Å². The highest BCUT2D eigenvalue weighted by Crippen LogP contribution is 2.15. The zero-order valence-corrected chi connectivity index (χ0v) is 14.3. The summed E-state index contributed by atoms with van der Waals surface area (Å²) in [5, 5.41) is 0. The second kappa shape index (κ2) is 9.16. The van der Waals surface area contributed by atoms with Crippen LogP contribution in [0.1, 0.15) is 38.2 Å². The smallest absolute Gasteiger partial charge is 0.332 e. The molecule has 0 aromatic heterocycles. The Labute approximate surface area is 124 Å². The van der Waals surface area contributed by atoms with E-state index >= 15 is 0 Å². The van der Waals surface area contributed by atoms with Crippen LogP contribution in [0.5, 0.6) is 5.75 Å². The Hall–Kier alpha value is -0.843. The number of unbranched alkanes of at least 4 members (excludes halogenated alkanes) is 3. The van der Waals surface area contributed by atoms with Gasteiger partial charge in [0.2, 0.25) is 0 Å². The van der Waals surface area contributed by atoms with Crippen molar-refractivity contribution in [1.82, 2.24) is 0 Å². The van der Waals surface area contributed by atoms with E-state index in [0.717, 1.165) is 24.3 Å². The Morgan fingerprint density at radius 3 is 2.25 bits per heavy atom. The molecular weight excluding hydrogens is 268 g/mol. The molecule has 1 aromatic carbocycles. The molecule has 0 aliphatic carbocycles. The van der Waals surface area contributed by atoms with Gasteiger partial charge in [-0.15, -0.1) is 0 Å². The summed E-state index contributed by atoms with van der Waals surface area (Å²) in [6, 6.07) is 7.98. The first kappa shape index (κ1) is 17.2. The van der Waals surface area contributed by atoms with Gasteiger partial charge in [-0.2, -0.15) is 0 Å². The lowest BCUT2D eigenvalue weighted by molar-refractivity contribution is 0.168. The molecule has 0 radical (unpaired) electrons. The van der Waals surface area contributed by atoms with Gasteiger partial charge in [-0.25, -0.2) is 0 Å². The second-order valence-corrected chi connectivity index (χ2v) is 8.82. The van der Waals surface area contributed by atoms with E-state index < -0.39 is 8.56 Å². The van der Waals surface area contributed by atoms with Crippen LogP contribution in [-0.2, 0) is 15.5 Å². The van der Waals surface area contributed by atoms with Crippen LogP contribution in [0.4, 0.5) is 0 Å². The highest BCUT2D eigenvalue weighted by Gasteiger charge is 2.24. The monoisotopic (exact) mass is 296 g/mol. The van der Waals surface area contributed by atoms with E-state index in [9.17, 15) is 0 Å². The fraction of sp³-hybridized carbons (Fsp3) is 0.625. The first-order chi connectivity index (χ1) is 9.57. The maximum atomic E-state index is 5.97. The van der Waals surface area contributed by atoms with Crippen molar-refractivity contribution >= 4 is 8.56 Å². The molecular formula is C16H28O3Si. The lowest BCUT2D eigenvalue weighted by Gasteiger charge is -2.23. The van der Waals surface area contributed by atoms with Gasteiger partial charge >= 0.3 is 8.56 Å². The van der Waals surface area contributed by atoms with E-state index in [-0.39, 0.29) is 0 Å². The molecule has 1 rings (SSSR count). The lowest BCUT2D eigenvalue weighted by Crippen LogP contribution is -2.35. The minimum Gasteiger partial charge on any atom is -0.497 e. The highest BCUT2D eigenvalue weighted by atomic mass is 28.4. The van der Waals surface area contributed by atoms with Crippen LogP contribution in [0, 0.1) is 0 Å². The summed E-state index contributed by atoms with van der Waals surface area (Å²) in [4.78, 5) is 0. The first-order valence-electron chi connectivity index (χ1n) is 7.48. The van der Waals surface area contributed by atoms with Gasteiger partial charge in [0, 0.05) is 6.61 Å². The third-order valence-corrected chi connectivity index (χ3v) is 4.93. The topological polar surface area (TPSA) is 27.7 Å². The zero-order valence-electron chi connectivity index (χ0n) is 13.3. The molecule has 0 aliphatic rings. The maximum absolute atomic E-state index is 5.97. The highest BCUT2D eigenvalue weighted by molar-refractivity contribution is 6.64. The molecule has 0 fully saturated rings. The third kappa shape index (κ3) is 7.08. The molecule has 0 heterocycles.